The molecule has 0 radical (unpaired) electrons. The highest BCUT2D eigenvalue weighted by Gasteiger charge is 2.21. The fourth-order valence-corrected chi connectivity index (χ4v) is 4.24. The summed E-state index contributed by atoms with van der Waals surface area (Å²) in [5.41, 5.74) is 1.94. The number of carbonyl (C=O) groups excluding carboxylic acids is 1. The van der Waals surface area contributed by atoms with Gasteiger partial charge in [-0.25, -0.2) is 8.42 Å². The van der Waals surface area contributed by atoms with E-state index in [-0.39, 0.29) is 17.4 Å². The number of fused-ring (bicyclic) bond motifs is 1. The number of hydrogen-bond acceptors (Lipinski definition) is 5. The summed E-state index contributed by atoms with van der Waals surface area (Å²) in [4.78, 5) is 13.8. The van der Waals surface area contributed by atoms with Crippen molar-refractivity contribution < 1.29 is 17.9 Å². The molecule has 2 aliphatic rings. The highest BCUT2D eigenvalue weighted by molar-refractivity contribution is 7.92. The number of anilines is 3. The average Bonchev–Trinajstić information content (AvgIpc) is 3.16. The molecule has 8 heteroatoms. The predicted molar refractivity (Wildman–Crippen MR) is 99.3 cm³/mol. The number of amides is 1. The maximum atomic E-state index is 12.6. The van der Waals surface area contributed by atoms with Crippen LogP contribution in [-0.2, 0) is 14.8 Å². The van der Waals surface area contributed by atoms with E-state index >= 15 is 0 Å². The smallest absolute Gasteiger partial charge is 0.262 e. The van der Waals surface area contributed by atoms with Crippen LogP contribution in [0.3, 0.4) is 0 Å². The molecule has 4 rings (SSSR count). The molecule has 1 amide bonds. The molecule has 0 bridgehead atoms. The van der Waals surface area contributed by atoms with E-state index in [4.69, 9.17) is 4.74 Å². The van der Waals surface area contributed by atoms with Gasteiger partial charge in [0.15, 0.2) is 6.61 Å². The van der Waals surface area contributed by atoms with Gasteiger partial charge < -0.3 is 15.0 Å². The van der Waals surface area contributed by atoms with Gasteiger partial charge in [-0.1, -0.05) is 0 Å². The zero-order valence-corrected chi connectivity index (χ0v) is 14.9. The average molecular weight is 373 g/mol. The van der Waals surface area contributed by atoms with Crippen LogP contribution in [0, 0.1) is 0 Å². The number of nitrogens with zero attached hydrogens (tertiary/aromatic N) is 1. The molecule has 2 heterocycles. The maximum Gasteiger partial charge on any atom is 0.262 e. The van der Waals surface area contributed by atoms with Gasteiger partial charge in [0, 0.05) is 24.5 Å². The molecule has 1 saturated heterocycles. The largest absolute Gasteiger partial charge is 0.482 e. The molecule has 2 aliphatic heterocycles. The predicted octanol–water partition coefficient (Wildman–Crippen LogP) is 2.42. The van der Waals surface area contributed by atoms with Crippen molar-refractivity contribution in [2.45, 2.75) is 17.7 Å². The standard InChI is InChI=1S/C18H19N3O4S/c22-18-12-25-17-8-7-15(11-16(17)19-18)26(23,24)20-13-3-5-14(6-4-13)21-9-1-2-10-21/h3-8,11,20H,1-2,9-10,12H2,(H,19,22). The third-order valence-corrected chi connectivity index (χ3v) is 5.86. The van der Waals surface area contributed by atoms with Crippen molar-refractivity contribution in [2.24, 2.45) is 0 Å². The van der Waals surface area contributed by atoms with Crippen molar-refractivity contribution in [1.82, 2.24) is 0 Å². The SMILES string of the molecule is O=C1COc2ccc(S(=O)(=O)Nc3ccc(N4CCCC4)cc3)cc2N1. The zero-order chi connectivity index (χ0) is 18.1. The van der Waals surface area contributed by atoms with Gasteiger partial charge in [-0.15, -0.1) is 0 Å². The second kappa shape index (κ2) is 6.53. The molecule has 0 aliphatic carbocycles. The molecule has 0 aromatic heterocycles. The van der Waals surface area contributed by atoms with Crippen molar-refractivity contribution in [1.29, 1.82) is 0 Å². The van der Waals surface area contributed by atoms with E-state index in [0.29, 0.717) is 17.1 Å². The van der Waals surface area contributed by atoms with Crippen molar-refractivity contribution in [3.63, 3.8) is 0 Å². The van der Waals surface area contributed by atoms with Crippen molar-refractivity contribution >= 4 is 33.0 Å². The first kappa shape index (κ1) is 16.7. The van der Waals surface area contributed by atoms with Gasteiger partial charge in [0.05, 0.1) is 10.6 Å². The van der Waals surface area contributed by atoms with Crippen LogP contribution in [0.2, 0.25) is 0 Å². The molecule has 2 N–H and O–H groups in total. The van der Waals surface area contributed by atoms with Crippen LogP contribution in [-0.4, -0.2) is 34.0 Å². The van der Waals surface area contributed by atoms with E-state index in [1.165, 1.54) is 25.0 Å². The third kappa shape index (κ3) is 3.32. The highest BCUT2D eigenvalue weighted by atomic mass is 32.2. The topological polar surface area (TPSA) is 87.7 Å². The van der Waals surface area contributed by atoms with Gasteiger partial charge in [0.1, 0.15) is 5.75 Å². The molecule has 0 atom stereocenters. The number of hydrogen-bond donors (Lipinski definition) is 2. The molecule has 136 valence electrons. The minimum atomic E-state index is -3.77. The Morgan fingerprint density at radius 1 is 1.04 bits per heavy atom. The number of benzene rings is 2. The second-order valence-electron chi connectivity index (χ2n) is 6.34. The number of sulfonamides is 1. The van der Waals surface area contributed by atoms with Crippen LogP contribution in [0.25, 0.3) is 0 Å². The van der Waals surface area contributed by atoms with Crippen LogP contribution < -0.4 is 19.7 Å². The summed E-state index contributed by atoms with van der Waals surface area (Å²) < 4.78 is 33.1. The van der Waals surface area contributed by atoms with Gasteiger partial charge in [0.2, 0.25) is 0 Å². The Labute approximate surface area is 152 Å². The van der Waals surface area contributed by atoms with E-state index in [9.17, 15) is 13.2 Å². The highest BCUT2D eigenvalue weighted by Crippen LogP contribution is 2.31. The first-order chi connectivity index (χ1) is 12.5. The number of ether oxygens (including phenoxy) is 1. The lowest BCUT2D eigenvalue weighted by molar-refractivity contribution is -0.118. The fourth-order valence-electron chi connectivity index (χ4n) is 3.16. The van der Waals surface area contributed by atoms with E-state index in [2.05, 4.69) is 14.9 Å². The van der Waals surface area contributed by atoms with Crippen LogP contribution >= 0.6 is 0 Å². The van der Waals surface area contributed by atoms with Gasteiger partial charge in [-0.05, 0) is 55.3 Å². The van der Waals surface area contributed by atoms with Crippen LogP contribution in [0.15, 0.2) is 47.4 Å². The van der Waals surface area contributed by atoms with Crippen LogP contribution in [0.1, 0.15) is 12.8 Å². The molecular weight excluding hydrogens is 354 g/mol. The minimum absolute atomic E-state index is 0.0608. The molecule has 7 nitrogen and oxygen atoms in total. The molecule has 2 aromatic carbocycles. The van der Waals surface area contributed by atoms with Gasteiger partial charge in [-0.2, -0.15) is 0 Å². The van der Waals surface area contributed by atoms with E-state index in [1.54, 1.807) is 18.2 Å². The quantitative estimate of drug-likeness (QED) is 0.859. The summed E-state index contributed by atoms with van der Waals surface area (Å²) >= 11 is 0. The Bertz CT molecular complexity index is 935. The summed E-state index contributed by atoms with van der Waals surface area (Å²) in [7, 11) is -3.77. The molecular formula is C18H19N3O4S. The first-order valence-corrected chi connectivity index (χ1v) is 9.94. The number of nitrogens with one attached hydrogen (secondary N) is 2. The van der Waals surface area contributed by atoms with Crippen molar-refractivity contribution in [2.75, 3.05) is 34.6 Å². The fraction of sp³-hybridized carbons (Fsp3) is 0.278. The van der Waals surface area contributed by atoms with Crippen LogP contribution in [0.4, 0.5) is 17.1 Å². The van der Waals surface area contributed by atoms with Crippen molar-refractivity contribution in [3.05, 3.63) is 42.5 Å². The summed E-state index contributed by atoms with van der Waals surface area (Å²) in [6, 6.07) is 11.8. The van der Waals surface area contributed by atoms with Crippen molar-refractivity contribution in [3.8, 4) is 5.75 Å². The third-order valence-electron chi connectivity index (χ3n) is 4.48. The van der Waals surface area contributed by atoms with Gasteiger partial charge in [-0.3, -0.25) is 9.52 Å². The molecule has 2 aromatic rings. The summed E-state index contributed by atoms with van der Waals surface area (Å²) in [6.45, 7) is 2.00. The normalized spacial score (nSPS) is 16.6. The van der Waals surface area contributed by atoms with E-state index in [1.807, 2.05) is 12.1 Å². The molecule has 0 unspecified atom stereocenters. The molecule has 1 fully saturated rings. The Morgan fingerprint density at radius 3 is 2.50 bits per heavy atom. The second-order valence-corrected chi connectivity index (χ2v) is 8.02. The maximum absolute atomic E-state index is 12.6. The zero-order valence-electron chi connectivity index (χ0n) is 14.1. The Balaban J connectivity index is 1.53. The molecule has 0 spiro atoms. The van der Waals surface area contributed by atoms with E-state index < -0.39 is 10.0 Å². The summed E-state index contributed by atoms with van der Waals surface area (Å²) in [5.74, 6) is 0.149. The Hall–Kier alpha value is -2.74. The summed E-state index contributed by atoms with van der Waals surface area (Å²) in [5, 5.41) is 2.61. The lowest BCUT2D eigenvalue weighted by atomic mass is 10.2. The lowest BCUT2D eigenvalue weighted by Crippen LogP contribution is -2.25. The Morgan fingerprint density at radius 2 is 1.77 bits per heavy atom. The summed E-state index contributed by atoms with van der Waals surface area (Å²) in [6.07, 6.45) is 2.37. The van der Waals surface area contributed by atoms with Gasteiger partial charge in [0.25, 0.3) is 15.9 Å². The first-order valence-electron chi connectivity index (χ1n) is 8.46. The Kier molecular flexibility index (Phi) is 4.20. The number of carbonyl (C=O) groups is 1. The molecule has 26 heavy (non-hydrogen) atoms. The number of rotatable bonds is 4. The van der Waals surface area contributed by atoms with Gasteiger partial charge >= 0.3 is 0 Å². The molecule has 0 saturated carbocycles. The van der Waals surface area contributed by atoms with E-state index in [0.717, 1.165) is 18.8 Å². The lowest BCUT2D eigenvalue weighted by Gasteiger charge is -2.19. The van der Waals surface area contributed by atoms with Crippen LogP contribution in [0.5, 0.6) is 5.75 Å². The minimum Gasteiger partial charge on any atom is -0.482 e. The monoisotopic (exact) mass is 373 g/mol.